The summed E-state index contributed by atoms with van der Waals surface area (Å²) in [4.78, 5) is 4.20. The zero-order valence-electron chi connectivity index (χ0n) is 11.3. The molecule has 7 heteroatoms. The molecule has 106 valence electrons. The van der Waals surface area contributed by atoms with Gasteiger partial charge in [0.15, 0.2) is 5.16 Å². The number of aromatic nitrogens is 4. The molecule has 0 saturated heterocycles. The second-order valence-corrected chi connectivity index (χ2v) is 5.61. The second-order valence-electron chi connectivity index (χ2n) is 4.66. The molecule has 2 aromatic heterocycles. The number of pyridine rings is 1. The van der Waals surface area contributed by atoms with Gasteiger partial charge in [0.2, 0.25) is 5.88 Å². The van der Waals surface area contributed by atoms with Crippen molar-refractivity contribution in [3.63, 3.8) is 0 Å². The Bertz CT molecular complexity index is 596. The first-order valence-corrected chi connectivity index (χ1v) is 7.56. The summed E-state index contributed by atoms with van der Waals surface area (Å²) in [6.07, 6.45) is 4.11. The topological polar surface area (TPSA) is 78.8 Å². The lowest BCUT2D eigenvalue weighted by molar-refractivity contribution is 0.394. The van der Waals surface area contributed by atoms with Crippen molar-refractivity contribution in [2.75, 3.05) is 7.11 Å². The summed E-state index contributed by atoms with van der Waals surface area (Å²) in [7, 11) is 1.63. The molecule has 20 heavy (non-hydrogen) atoms. The number of methoxy groups -OCH3 is 1. The van der Waals surface area contributed by atoms with Gasteiger partial charge in [0, 0.05) is 23.6 Å². The summed E-state index contributed by atoms with van der Waals surface area (Å²) in [5.41, 5.74) is 6.78. The van der Waals surface area contributed by atoms with Crippen LogP contribution in [0, 0.1) is 0 Å². The Labute approximate surface area is 121 Å². The molecular weight excluding hydrogens is 274 g/mol. The molecule has 1 aliphatic rings. The SMILES string of the molecule is COc1ncccc1CSc1nnc(CN)n1C1CC1. The summed E-state index contributed by atoms with van der Waals surface area (Å²) in [5, 5.41) is 9.35. The van der Waals surface area contributed by atoms with Gasteiger partial charge >= 0.3 is 0 Å². The fourth-order valence-electron chi connectivity index (χ4n) is 2.10. The van der Waals surface area contributed by atoms with E-state index < -0.39 is 0 Å². The van der Waals surface area contributed by atoms with Gasteiger partial charge in [-0.25, -0.2) is 4.98 Å². The van der Waals surface area contributed by atoms with E-state index in [0.29, 0.717) is 18.5 Å². The third-order valence-corrected chi connectivity index (χ3v) is 4.22. The maximum absolute atomic E-state index is 5.72. The molecule has 1 aliphatic carbocycles. The van der Waals surface area contributed by atoms with Crippen molar-refractivity contribution in [3.05, 3.63) is 29.7 Å². The Kier molecular flexibility index (Phi) is 3.88. The van der Waals surface area contributed by atoms with Crippen molar-refractivity contribution in [1.29, 1.82) is 0 Å². The van der Waals surface area contributed by atoms with Gasteiger partial charge in [-0.1, -0.05) is 17.8 Å². The van der Waals surface area contributed by atoms with Crippen molar-refractivity contribution in [2.24, 2.45) is 5.73 Å². The highest BCUT2D eigenvalue weighted by atomic mass is 32.2. The van der Waals surface area contributed by atoms with E-state index in [1.165, 1.54) is 12.8 Å². The van der Waals surface area contributed by atoms with E-state index in [1.807, 2.05) is 12.1 Å². The lowest BCUT2D eigenvalue weighted by Gasteiger charge is -2.08. The quantitative estimate of drug-likeness (QED) is 0.817. The number of rotatable bonds is 6. The van der Waals surface area contributed by atoms with Crippen LogP contribution >= 0.6 is 11.8 Å². The van der Waals surface area contributed by atoms with Gasteiger partial charge in [0.1, 0.15) is 5.82 Å². The number of thioether (sulfide) groups is 1. The Morgan fingerprint density at radius 2 is 2.30 bits per heavy atom. The van der Waals surface area contributed by atoms with Crippen LogP contribution in [0.3, 0.4) is 0 Å². The van der Waals surface area contributed by atoms with Crippen LogP contribution in [0.25, 0.3) is 0 Å². The van der Waals surface area contributed by atoms with E-state index in [4.69, 9.17) is 10.5 Å². The molecule has 2 heterocycles. The number of hydrogen-bond acceptors (Lipinski definition) is 6. The number of nitrogens with two attached hydrogens (primary N) is 1. The van der Waals surface area contributed by atoms with Crippen LogP contribution in [0.5, 0.6) is 5.88 Å². The van der Waals surface area contributed by atoms with Gasteiger partial charge in [-0.05, 0) is 18.9 Å². The Balaban J connectivity index is 1.77. The molecule has 0 atom stereocenters. The molecule has 6 nitrogen and oxygen atoms in total. The largest absolute Gasteiger partial charge is 0.481 e. The van der Waals surface area contributed by atoms with Gasteiger partial charge < -0.3 is 15.0 Å². The Morgan fingerprint density at radius 3 is 3.00 bits per heavy atom. The van der Waals surface area contributed by atoms with Crippen LogP contribution in [-0.2, 0) is 12.3 Å². The van der Waals surface area contributed by atoms with Crippen LogP contribution in [-0.4, -0.2) is 26.9 Å². The van der Waals surface area contributed by atoms with Gasteiger partial charge in [0.25, 0.3) is 0 Å². The molecule has 1 saturated carbocycles. The molecule has 2 aromatic rings. The first-order chi connectivity index (χ1) is 9.83. The fourth-order valence-corrected chi connectivity index (χ4v) is 3.10. The van der Waals surface area contributed by atoms with Crippen molar-refractivity contribution >= 4 is 11.8 Å². The monoisotopic (exact) mass is 291 g/mol. The fraction of sp³-hybridized carbons (Fsp3) is 0.462. The number of ether oxygens (including phenoxy) is 1. The summed E-state index contributed by atoms with van der Waals surface area (Å²) in [6, 6.07) is 4.46. The number of hydrogen-bond donors (Lipinski definition) is 1. The maximum atomic E-state index is 5.72. The van der Waals surface area contributed by atoms with Gasteiger partial charge in [-0.2, -0.15) is 0 Å². The first kappa shape index (κ1) is 13.4. The van der Waals surface area contributed by atoms with Gasteiger partial charge in [0.05, 0.1) is 13.7 Å². The van der Waals surface area contributed by atoms with E-state index in [-0.39, 0.29) is 0 Å². The Morgan fingerprint density at radius 1 is 1.45 bits per heavy atom. The molecule has 0 spiro atoms. The predicted molar refractivity (Wildman–Crippen MR) is 76.5 cm³/mol. The lowest BCUT2D eigenvalue weighted by Crippen LogP contribution is -2.08. The number of nitrogens with zero attached hydrogens (tertiary/aromatic N) is 4. The molecule has 1 fully saturated rings. The molecule has 0 amide bonds. The molecule has 0 radical (unpaired) electrons. The van der Waals surface area contributed by atoms with E-state index >= 15 is 0 Å². The normalized spacial score (nSPS) is 14.5. The predicted octanol–water partition coefficient (Wildman–Crippen LogP) is 1.77. The minimum Gasteiger partial charge on any atom is -0.481 e. The maximum Gasteiger partial charge on any atom is 0.217 e. The first-order valence-electron chi connectivity index (χ1n) is 6.58. The molecule has 3 rings (SSSR count). The van der Waals surface area contributed by atoms with Crippen molar-refractivity contribution in [1.82, 2.24) is 19.7 Å². The van der Waals surface area contributed by atoms with E-state index in [1.54, 1.807) is 25.1 Å². The van der Waals surface area contributed by atoms with Gasteiger partial charge in [-0.3, -0.25) is 0 Å². The average molecular weight is 291 g/mol. The van der Waals surface area contributed by atoms with Crippen molar-refractivity contribution < 1.29 is 4.74 Å². The third kappa shape index (κ3) is 2.64. The molecule has 0 aromatic carbocycles. The smallest absolute Gasteiger partial charge is 0.217 e. The van der Waals surface area contributed by atoms with E-state index in [9.17, 15) is 0 Å². The van der Waals surface area contributed by atoms with Gasteiger partial charge in [-0.15, -0.1) is 10.2 Å². The zero-order chi connectivity index (χ0) is 13.9. The highest BCUT2D eigenvalue weighted by molar-refractivity contribution is 7.98. The van der Waals surface area contributed by atoms with Crippen LogP contribution < -0.4 is 10.5 Å². The highest BCUT2D eigenvalue weighted by Gasteiger charge is 2.29. The summed E-state index contributed by atoms with van der Waals surface area (Å²) in [5.74, 6) is 2.29. The minimum atomic E-state index is 0.431. The minimum absolute atomic E-state index is 0.431. The van der Waals surface area contributed by atoms with Crippen molar-refractivity contribution in [3.8, 4) is 5.88 Å². The van der Waals surface area contributed by atoms with Crippen LogP contribution in [0.15, 0.2) is 23.5 Å². The van der Waals surface area contributed by atoms with Crippen LogP contribution in [0.1, 0.15) is 30.3 Å². The van der Waals surface area contributed by atoms with Crippen LogP contribution in [0.4, 0.5) is 0 Å². The highest BCUT2D eigenvalue weighted by Crippen LogP contribution is 2.39. The zero-order valence-corrected chi connectivity index (χ0v) is 12.1. The summed E-state index contributed by atoms with van der Waals surface area (Å²) >= 11 is 1.65. The van der Waals surface area contributed by atoms with E-state index in [2.05, 4.69) is 19.7 Å². The molecule has 2 N–H and O–H groups in total. The second kappa shape index (κ2) is 5.80. The average Bonchev–Trinajstić information content (AvgIpc) is 3.25. The molecule has 0 bridgehead atoms. The standard InChI is InChI=1S/C13H17N5OS/c1-19-12-9(3-2-6-15-12)8-20-13-17-16-11(7-14)18(13)10-4-5-10/h2-3,6,10H,4-5,7-8,14H2,1H3. The Hall–Kier alpha value is -1.60. The van der Waals surface area contributed by atoms with E-state index in [0.717, 1.165) is 22.3 Å². The lowest BCUT2D eigenvalue weighted by atomic mass is 10.3. The molecule has 0 aliphatic heterocycles. The third-order valence-electron chi connectivity index (χ3n) is 3.23. The van der Waals surface area contributed by atoms with Crippen LogP contribution in [0.2, 0.25) is 0 Å². The summed E-state index contributed by atoms with van der Waals surface area (Å²) < 4.78 is 7.44. The molecule has 0 unspecified atom stereocenters. The van der Waals surface area contributed by atoms with Crippen molar-refractivity contribution in [2.45, 2.75) is 36.3 Å². The molecular formula is C13H17N5OS. The summed E-state index contributed by atoms with van der Waals surface area (Å²) in [6.45, 7) is 0.431.